The maximum absolute atomic E-state index is 11.6. The van der Waals surface area contributed by atoms with Crippen LogP contribution in [0.3, 0.4) is 0 Å². The van der Waals surface area contributed by atoms with E-state index in [-0.39, 0.29) is 12.0 Å². The molecule has 0 aliphatic carbocycles. The highest BCUT2D eigenvalue weighted by atomic mass is 32.1. The molecule has 0 saturated carbocycles. The molecular weight excluding hydrogens is 298 g/mol. The van der Waals surface area contributed by atoms with Crippen LogP contribution >= 0.6 is 11.3 Å². The Bertz CT molecular complexity index is 619. The SMILES string of the molecule is CCCCCCNC(=O)N/C(N)=N/c1nc2ccccc2s1. The van der Waals surface area contributed by atoms with Gasteiger partial charge in [0, 0.05) is 6.54 Å². The lowest BCUT2D eigenvalue weighted by Crippen LogP contribution is -2.43. The summed E-state index contributed by atoms with van der Waals surface area (Å²) in [7, 11) is 0. The second-order valence-corrected chi connectivity index (χ2v) is 5.91. The third-order valence-electron chi connectivity index (χ3n) is 3.06. The predicted molar refractivity (Wildman–Crippen MR) is 91.6 cm³/mol. The van der Waals surface area contributed by atoms with Crippen molar-refractivity contribution in [2.24, 2.45) is 10.7 Å². The van der Waals surface area contributed by atoms with Gasteiger partial charge in [0.15, 0.2) is 0 Å². The molecule has 0 radical (unpaired) electrons. The minimum absolute atomic E-state index is 0.0464. The number of nitrogens with two attached hydrogens (primary N) is 1. The van der Waals surface area contributed by atoms with E-state index in [1.165, 1.54) is 24.2 Å². The molecule has 118 valence electrons. The Morgan fingerprint density at radius 1 is 1.32 bits per heavy atom. The number of benzene rings is 1. The fourth-order valence-corrected chi connectivity index (χ4v) is 2.80. The van der Waals surface area contributed by atoms with Gasteiger partial charge in [0.2, 0.25) is 11.1 Å². The summed E-state index contributed by atoms with van der Waals surface area (Å²) in [6.07, 6.45) is 4.45. The Morgan fingerprint density at radius 3 is 2.91 bits per heavy atom. The number of aliphatic imine (C=N–C) groups is 1. The van der Waals surface area contributed by atoms with Crippen molar-refractivity contribution in [3.05, 3.63) is 24.3 Å². The lowest BCUT2D eigenvalue weighted by Gasteiger charge is -2.06. The number of carbonyl (C=O) groups excluding carboxylic acids is 1. The van der Waals surface area contributed by atoms with E-state index in [1.807, 2.05) is 24.3 Å². The molecule has 1 aromatic heterocycles. The Labute approximate surface area is 133 Å². The lowest BCUT2D eigenvalue weighted by atomic mass is 10.2. The van der Waals surface area contributed by atoms with E-state index in [9.17, 15) is 4.79 Å². The predicted octanol–water partition coefficient (Wildman–Crippen LogP) is 3.12. The molecule has 0 spiro atoms. The number of aromatic nitrogens is 1. The molecule has 0 aliphatic heterocycles. The molecule has 2 rings (SSSR count). The van der Waals surface area contributed by atoms with Crippen LogP contribution < -0.4 is 16.4 Å². The molecule has 1 heterocycles. The number of guanidine groups is 1. The first-order valence-corrected chi connectivity index (χ1v) is 8.25. The second-order valence-electron chi connectivity index (χ2n) is 4.90. The maximum Gasteiger partial charge on any atom is 0.321 e. The van der Waals surface area contributed by atoms with E-state index < -0.39 is 0 Å². The van der Waals surface area contributed by atoms with Gasteiger partial charge in [-0.1, -0.05) is 49.7 Å². The first kappa shape index (κ1) is 16.2. The van der Waals surface area contributed by atoms with Crippen molar-refractivity contribution in [2.75, 3.05) is 6.54 Å². The van der Waals surface area contributed by atoms with E-state index in [4.69, 9.17) is 5.73 Å². The second kappa shape index (κ2) is 8.33. The number of amides is 2. The molecule has 0 unspecified atom stereocenters. The number of fused-ring (bicyclic) bond motifs is 1. The maximum atomic E-state index is 11.6. The van der Waals surface area contributed by atoms with Crippen molar-refractivity contribution < 1.29 is 4.79 Å². The van der Waals surface area contributed by atoms with Crippen molar-refractivity contribution in [3.8, 4) is 0 Å². The van der Waals surface area contributed by atoms with E-state index in [0.29, 0.717) is 11.7 Å². The number of hydrogen-bond acceptors (Lipinski definition) is 4. The summed E-state index contributed by atoms with van der Waals surface area (Å²) >= 11 is 1.43. The average Bonchev–Trinajstić information content (AvgIpc) is 2.88. The number of nitrogens with one attached hydrogen (secondary N) is 2. The van der Waals surface area contributed by atoms with E-state index >= 15 is 0 Å². The van der Waals surface area contributed by atoms with E-state index in [1.54, 1.807) is 0 Å². The van der Waals surface area contributed by atoms with Crippen LogP contribution in [0.25, 0.3) is 10.2 Å². The number of hydrogen-bond donors (Lipinski definition) is 3. The molecule has 1 aromatic carbocycles. The zero-order valence-electron chi connectivity index (χ0n) is 12.6. The quantitative estimate of drug-likeness (QED) is 0.434. The Hall–Kier alpha value is -2.15. The fraction of sp³-hybridized carbons (Fsp3) is 0.400. The minimum atomic E-state index is -0.334. The number of carbonyl (C=O) groups is 1. The molecule has 0 aliphatic rings. The van der Waals surface area contributed by atoms with Crippen LogP contribution in [0.1, 0.15) is 32.6 Å². The van der Waals surface area contributed by atoms with Gasteiger partial charge in [0.25, 0.3) is 0 Å². The Morgan fingerprint density at radius 2 is 2.14 bits per heavy atom. The lowest BCUT2D eigenvalue weighted by molar-refractivity contribution is 0.245. The summed E-state index contributed by atoms with van der Waals surface area (Å²) in [6.45, 7) is 2.79. The molecule has 0 fully saturated rings. The first-order chi connectivity index (χ1) is 10.7. The van der Waals surface area contributed by atoms with Crippen molar-refractivity contribution in [1.29, 1.82) is 0 Å². The third kappa shape index (κ3) is 5.00. The van der Waals surface area contributed by atoms with Gasteiger partial charge in [-0.25, -0.2) is 9.78 Å². The minimum Gasteiger partial charge on any atom is -0.369 e. The van der Waals surface area contributed by atoms with Gasteiger partial charge in [0.05, 0.1) is 10.2 Å². The summed E-state index contributed by atoms with van der Waals surface area (Å²) in [5.41, 5.74) is 6.60. The summed E-state index contributed by atoms with van der Waals surface area (Å²) in [4.78, 5) is 20.1. The zero-order valence-corrected chi connectivity index (χ0v) is 13.4. The van der Waals surface area contributed by atoms with Gasteiger partial charge >= 0.3 is 6.03 Å². The molecule has 7 heteroatoms. The zero-order chi connectivity index (χ0) is 15.8. The normalized spacial score (nSPS) is 11.6. The van der Waals surface area contributed by atoms with Crippen molar-refractivity contribution in [1.82, 2.24) is 15.6 Å². The number of urea groups is 1. The van der Waals surface area contributed by atoms with Crippen molar-refractivity contribution in [2.45, 2.75) is 32.6 Å². The summed E-state index contributed by atoms with van der Waals surface area (Å²) in [5.74, 6) is 0.0464. The van der Waals surface area contributed by atoms with Gasteiger partial charge in [0.1, 0.15) is 0 Å². The van der Waals surface area contributed by atoms with Gasteiger partial charge in [-0.05, 0) is 18.6 Å². The number of nitrogens with zero attached hydrogens (tertiary/aromatic N) is 2. The van der Waals surface area contributed by atoms with E-state index in [2.05, 4.69) is 27.5 Å². The monoisotopic (exact) mass is 319 g/mol. The van der Waals surface area contributed by atoms with Crippen molar-refractivity contribution >= 4 is 38.7 Å². The molecule has 2 amide bonds. The number of rotatable bonds is 6. The van der Waals surface area contributed by atoms with Crippen LogP contribution in [0.5, 0.6) is 0 Å². The summed E-state index contributed by atoms with van der Waals surface area (Å²) < 4.78 is 1.04. The van der Waals surface area contributed by atoms with Gasteiger partial charge in [-0.15, -0.1) is 0 Å². The van der Waals surface area contributed by atoms with Crippen LogP contribution in [0, 0.1) is 0 Å². The Balaban J connectivity index is 1.82. The largest absolute Gasteiger partial charge is 0.369 e. The Kier molecular flexibility index (Phi) is 6.14. The van der Waals surface area contributed by atoms with Crippen LogP contribution in [0.2, 0.25) is 0 Å². The molecule has 22 heavy (non-hydrogen) atoms. The van der Waals surface area contributed by atoms with E-state index in [0.717, 1.165) is 23.1 Å². The van der Waals surface area contributed by atoms with Crippen molar-refractivity contribution in [3.63, 3.8) is 0 Å². The molecule has 6 nitrogen and oxygen atoms in total. The van der Waals surface area contributed by atoms with Crippen LogP contribution in [-0.4, -0.2) is 23.5 Å². The molecule has 0 atom stereocenters. The molecule has 2 aromatic rings. The highest BCUT2D eigenvalue weighted by Gasteiger charge is 2.05. The summed E-state index contributed by atoms with van der Waals surface area (Å²) in [5, 5.41) is 5.79. The molecule has 0 saturated heterocycles. The molecular formula is C15H21N5OS. The third-order valence-corrected chi connectivity index (χ3v) is 3.99. The number of para-hydroxylation sites is 1. The fourth-order valence-electron chi connectivity index (χ4n) is 1.95. The topological polar surface area (TPSA) is 92.4 Å². The number of thiazole rings is 1. The molecule has 0 bridgehead atoms. The smallest absolute Gasteiger partial charge is 0.321 e. The molecule has 4 N–H and O–H groups in total. The highest BCUT2D eigenvalue weighted by Crippen LogP contribution is 2.27. The number of unbranched alkanes of at least 4 members (excludes halogenated alkanes) is 3. The van der Waals surface area contributed by atoms with Gasteiger partial charge in [-0.3, -0.25) is 5.32 Å². The van der Waals surface area contributed by atoms with Crippen LogP contribution in [0.15, 0.2) is 29.3 Å². The first-order valence-electron chi connectivity index (χ1n) is 7.43. The van der Waals surface area contributed by atoms with Gasteiger partial charge < -0.3 is 11.1 Å². The van der Waals surface area contributed by atoms with Gasteiger partial charge in [-0.2, -0.15) is 4.99 Å². The highest BCUT2D eigenvalue weighted by molar-refractivity contribution is 7.22. The van der Waals surface area contributed by atoms with Crippen LogP contribution in [-0.2, 0) is 0 Å². The average molecular weight is 319 g/mol. The summed E-state index contributed by atoms with van der Waals surface area (Å²) in [6, 6.07) is 7.42. The standard InChI is InChI=1S/C15H21N5OS/c1-2-3-4-7-10-17-14(21)19-13(16)20-15-18-11-8-5-6-9-12(11)22-15/h5-6,8-9H,2-4,7,10H2,1H3,(H4,16,17,18,19,20,21). The van der Waals surface area contributed by atoms with Crippen LogP contribution in [0.4, 0.5) is 9.93 Å².